The molecule has 1 aliphatic heterocycles. The lowest BCUT2D eigenvalue weighted by Gasteiger charge is -2.72. The van der Waals surface area contributed by atoms with Crippen molar-refractivity contribution >= 4 is 21.8 Å². The molecule has 37 heavy (non-hydrogen) atoms. The summed E-state index contributed by atoms with van der Waals surface area (Å²) in [6, 6.07) is 8.45. The zero-order valence-corrected chi connectivity index (χ0v) is 21.0. The Labute approximate surface area is 212 Å². The molecule has 1 heterocycles. The molecule has 2 bridgehead atoms. The topological polar surface area (TPSA) is 82.1 Å². The predicted octanol–water partition coefficient (Wildman–Crippen LogP) is 3.42. The molecule has 6 rings (SSSR count). The number of rotatable bonds is 7. The average molecular weight is 539 g/mol. The zero-order valence-electron chi connectivity index (χ0n) is 20.2. The monoisotopic (exact) mass is 538 g/mol. The second-order valence-corrected chi connectivity index (χ2v) is 12.2. The standard InChI is InChI=1S/C25H26F4N4O3S/c1-32(2)21(34)20-11-30-22(31-20)23-13-24(14-23,15-23)33(37(35,36)19-9-7-18(26)8-10-19)12-16-3-5-17(6-4-16)25(27,28)29/h3-10,20H,11-15H2,1-2H3,(H,30,31)/t20-,23?,24?/m1/s1. The van der Waals surface area contributed by atoms with E-state index in [1.54, 1.807) is 14.1 Å². The van der Waals surface area contributed by atoms with Crippen LogP contribution in [0, 0.1) is 11.2 Å². The Bertz CT molecular complexity index is 1340. The summed E-state index contributed by atoms with van der Waals surface area (Å²) in [5.41, 5.74) is -1.52. The van der Waals surface area contributed by atoms with Gasteiger partial charge in [0.25, 0.3) is 0 Å². The van der Waals surface area contributed by atoms with Crippen LogP contribution in [-0.2, 0) is 27.5 Å². The fraction of sp³-hybridized carbons (Fsp3) is 0.440. The molecule has 7 nitrogen and oxygen atoms in total. The number of sulfonamides is 1. The van der Waals surface area contributed by atoms with E-state index in [1.807, 2.05) is 0 Å². The highest BCUT2D eigenvalue weighted by atomic mass is 32.2. The van der Waals surface area contributed by atoms with Crippen molar-refractivity contribution in [3.8, 4) is 0 Å². The van der Waals surface area contributed by atoms with Crippen molar-refractivity contribution in [2.75, 3.05) is 20.6 Å². The molecule has 2 aromatic rings. The first-order valence-electron chi connectivity index (χ1n) is 11.7. The number of amides is 1. The Morgan fingerprint density at radius 1 is 1.05 bits per heavy atom. The quantitative estimate of drug-likeness (QED) is 0.548. The summed E-state index contributed by atoms with van der Waals surface area (Å²) in [4.78, 5) is 18.2. The number of carbonyl (C=O) groups is 1. The molecule has 3 fully saturated rings. The number of likely N-dealkylation sites (N-methyl/N-ethyl adjacent to an activating group) is 1. The van der Waals surface area contributed by atoms with Crippen LogP contribution in [0.15, 0.2) is 58.4 Å². The third kappa shape index (κ3) is 4.29. The summed E-state index contributed by atoms with van der Waals surface area (Å²) in [5.74, 6) is 0.0240. The van der Waals surface area contributed by atoms with Gasteiger partial charge in [-0.1, -0.05) is 12.1 Å². The lowest BCUT2D eigenvalue weighted by molar-refractivity contribution is -0.151. The van der Waals surface area contributed by atoms with Crippen LogP contribution in [0.25, 0.3) is 0 Å². The van der Waals surface area contributed by atoms with Crippen molar-refractivity contribution in [1.29, 1.82) is 0 Å². The van der Waals surface area contributed by atoms with Crippen molar-refractivity contribution < 1.29 is 30.8 Å². The summed E-state index contributed by atoms with van der Waals surface area (Å²) >= 11 is 0. The predicted molar refractivity (Wildman–Crippen MR) is 128 cm³/mol. The molecule has 2 aromatic carbocycles. The van der Waals surface area contributed by atoms with Crippen molar-refractivity contribution in [3.05, 3.63) is 65.5 Å². The van der Waals surface area contributed by atoms with Crippen LogP contribution in [0.4, 0.5) is 17.6 Å². The summed E-state index contributed by atoms with van der Waals surface area (Å²) < 4.78 is 81.3. The maximum Gasteiger partial charge on any atom is 0.416 e. The molecule has 0 radical (unpaired) electrons. The van der Waals surface area contributed by atoms with Crippen molar-refractivity contribution in [2.45, 2.75) is 48.5 Å². The highest BCUT2D eigenvalue weighted by Crippen LogP contribution is 2.71. The molecule has 0 saturated heterocycles. The fourth-order valence-corrected chi connectivity index (χ4v) is 7.42. The van der Waals surface area contributed by atoms with E-state index in [2.05, 4.69) is 10.3 Å². The van der Waals surface area contributed by atoms with Gasteiger partial charge >= 0.3 is 6.18 Å². The largest absolute Gasteiger partial charge is 0.416 e. The second kappa shape index (κ2) is 8.52. The normalized spacial score (nSPS) is 26.7. The van der Waals surface area contributed by atoms with Gasteiger partial charge in [0.1, 0.15) is 17.7 Å². The van der Waals surface area contributed by atoms with E-state index in [0.29, 0.717) is 37.2 Å². The minimum atomic E-state index is -4.50. The molecule has 0 spiro atoms. The van der Waals surface area contributed by atoms with Gasteiger partial charge in [0, 0.05) is 31.6 Å². The Balaban J connectivity index is 1.40. The maximum absolute atomic E-state index is 13.7. The van der Waals surface area contributed by atoms with Gasteiger partial charge in [0.05, 0.1) is 17.0 Å². The van der Waals surface area contributed by atoms with Gasteiger partial charge in [-0.15, -0.1) is 0 Å². The van der Waals surface area contributed by atoms with E-state index in [9.17, 15) is 30.8 Å². The lowest BCUT2D eigenvalue weighted by Crippen LogP contribution is -2.78. The molecule has 1 atom stereocenters. The zero-order chi connectivity index (χ0) is 26.8. The van der Waals surface area contributed by atoms with E-state index in [4.69, 9.17) is 0 Å². The van der Waals surface area contributed by atoms with Crippen LogP contribution < -0.4 is 5.32 Å². The Morgan fingerprint density at radius 2 is 1.65 bits per heavy atom. The lowest BCUT2D eigenvalue weighted by atomic mass is 9.38. The molecule has 12 heteroatoms. The van der Waals surface area contributed by atoms with Crippen LogP contribution in [0.3, 0.4) is 0 Å². The first-order chi connectivity index (χ1) is 17.3. The number of hydrogen-bond donors (Lipinski definition) is 1. The maximum atomic E-state index is 13.7. The Morgan fingerprint density at radius 3 is 2.19 bits per heavy atom. The van der Waals surface area contributed by atoms with E-state index in [-0.39, 0.29) is 22.8 Å². The van der Waals surface area contributed by atoms with Crippen molar-refractivity contribution in [1.82, 2.24) is 14.5 Å². The first-order valence-corrected chi connectivity index (χ1v) is 13.2. The third-order valence-electron chi connectivity index (χ3n) is 7.52. The number of carbonyl (C=O) groups excluding carboxylic acids is 1. The number of nitrogens with one attached hydrogen (secondary N) is 1. The van der Waals surface area contributed by atoms with Crippen LogP contribution in [0.5, 0.6) is 0 Å². The molecule has 1 N–H and O–H groups in total. The molecular weight excluding hydrogens is 512 g/mol. The summed E-state index contributed by atoms with van der Waals surface area (Å²) in [6.45, 7) is 0.180. The van der Waals surface area contributed by atoms with E-state index in [1.165, 1.54) is 33.5 Å². The van der Waals surface area contributed by atoms with Gasteiger partial charge in [0.2, 0.25) is 15.9 Å². The molecular formula is C25H26F4N4O3S. The van der Waals surface area contributed by atoms with Crippen LogP contribution in [0.1, 0.15) is 30.4 Å². The van der Waals surface area contributed by atoms with Crippen LogP contribution >= 0.6 is 0 Å². The van der Waals surface area contributed by atoms with E-state index >= 15 is 0 Å². The molecule has 3 saturated carbocycles. The number of halogens is 4. The van der Waals surface area contributed by atoms with E-state index in [0.717, 1.165) is 24.3 Å². The Hall–Kier alpha value is -2.99. The Kier molecular flexibility index (Phi) is 5.91. The molecule has 0 aromatic heterocycles. The first kappa shape index (κ1) is 25.7. The fourth-order valence-electron chi connectivity index (χ4n) is 5.67. The number of benzene rings is 2. The summed E-state index contributed by atoms with van der Waals surface area (Å²) in [6.07, 6.45) is -3.10. The minimum absolute atomic E-state index is 0.0902. The van der Waals surface area contributed by atoms with Gasteiger partial charge in [-0.05, 0) is 61.2 Å². The molecule has 0 unspecified atom stereocenters. The summed E-state index contributed by atoms with van der Waals surface area (Å²) in [7, 11) is -0.769. The average Bonchev–Trinajstić information content (AvgIpc) is 3.26. The smallest absolute Gasteiger partial charge is 0.360 e. The SMILES string of the molecule is CN(C)C(=O)[C@H]1CN=C(C23CC(N(Cc4ccc(C(F)(F)F)cc4)S(=O)(=O)c4ccc(F)cc4)(C2)C3)N1. The molecule has 4 aliphatic rings. The van der Waals surface area contributed by atoms with Gasteiger partial charge in [0.15, 0.2) is 0 Å². The second-order valence-electron chi connectivity index (χ2n) is 10.3. The third-order valence-corrected chi connectivity index (χ3v) is 9.49. The number of alkyl halides is 3. The van der Waals surface area contributed by atoms with E-state index < -0.39 is 39.2 Å². The molecule has 198 valence electrons. The van der Waals surface area contributed by atoms with Crippen LogP contribution in [-0.4, -0.2) is 61.6 Å². The molecule has 1 amide bonds. The van der Waals surface area contributed by atoms with Gasteiger partial charge in [-0.2, -0.15) is 17.5 Å². The highest BCUT2D eigenvalue weighted by Gasteiger charge is 2.74. The highest BCUT2D eigenvalue weighted by molar-refractivity contribution is 7.89. The van der Waals surface area contributed by atoms with Gasteiger partial charge < -0.3 is 10.2 Å². The summed E-state index contributed by atoms with van der Waals surface area (Å²) in [5, 5.41) is 3.20. The minimum Gasteiger partial charge on any atom is -0.360 e. The van der Waals surface area contributed by atoms with Crippen molar-refractivity contribution in [2.24, 2.45) is 10.4 Å². The molecule has 3 aliphatic carbocycles. The number of nitrogens with zero attached hydrogens (tertiary/aromatic N) is 3. The van der Waals surface area contributed by atoms with Crippen LogP contribution in [0.2, 0.25) is 0 Å². The number of aliphatic imine (C=N–C) groups is 1. The van der Waals surface area contributed by atoms with Gasteiger partial charge in [-0.3, -0.25) is 9.79 Å². The number of hydrogen-bond acceptors (Lipinski definition) is 5. The number of amidine groups is 1. The van der Waals surface area contributed by atoms with Gasteiger partial charge in [-0.25, -0.2) is 12.8 Å². The van der Waals surface area contributed by atoms with Crippen molar-refractivity contribution in [3.63, 3.8) is 0 Å².